The van der Waals surface area contributed by atoms with Crippen molar-refractivity contribution in [1.82, 2.24) is 4.31 Å². The lowest BCUT2D eigenvalue weighted by molar-refractivity contribution is -0.120. The number of hydrogen-bond acceptors (Lipinski definition) is 3. The van der Waals surface area contributed by atoms with Gasteiger partial charge >= 0.3 is 0 Å². The molecule has 2 aromatic rings. The molecule has 1 aliphatic heterocycles. The van der Waals surface area contributed by atoms with Crippen molar-refractivity contribution in [2.24, 2.45) is 5.92 Å². The third-order valence-corrected chi connectivity index (χ3v) is 7.57. The molecule has 1 N–H and O–H groups in total. The van der Waals surface area contributed by atoms with Crippen molar-refractivity contribution in [2.45, 2.75) is 18.6 Å². The van der Waals surface area contributed by atoms with Gasteiger partial charge < -0.3 is 5.32 Å². The molecule has 0 spiro atoms. The van der Waals surface area contributed by atoms with E-state index in [1.54, 1.807) is 12.1 Å². The van der Waals surface area contributed by atoms with Gasteiger partial charge in [-0.1, -0.05) is 51.3 Å². The van der Waals surface area contributed by atoms with E-state index in [1.807, 2.05) is 24.3 Å². The van der Waals surface area contributed by atoms with E-state index >= 15 is 0 Å². The molecule has 2 aromatic carbocycles. The molecule has 0 unspecified atom stereocenters. The van der Waals surface area contributed by atoms with Crippen molar-refractivity contribution in [1.29, 1.82) is 0 Å². The van der Waals surface area contributed by atoms with Crippen LogP contribution < -0.4 is 5.32 Å². The standard InChI is InChI=1S/C19H19BrCl2N2O3S/c20-15-2-1-3-17(10-15)23-19(25)13-6-8-24(9-7-13)28(26,27)12-14-4-5-16(21)11-18(14)22/h1-5,10-11,13H,6-9,12H2,(H,23,25). The van der Waals surface area contributed by atoms with Crippen LogP contribution in [0.2, 0.25) is 10.0 Å². The van der Waals surface area contributed by atoms with Crippen LogP contribution in [-0.2, 0) is 20.6 Å². The van der Waals surface area contributed by atoms with Crippen LogP contribution in [0.4, 0.5) is 5.69 Å². The van der Waals surface area contributed by atoms with Gasteiger partial charge in [-0.05, 0) is 48.7 Å². The topological polar surface area (TPSA) is 66.5 Å². The number of piperidine rings is 1. The number of sulfonamides is 1. The minimum Gasteiger partial charge on any atom is -0.326 e. The molecule has 3 rings (SSSR count). The van der Waals surface area contributed by atoms with E-state index in [1.165, 1.54) is 10.4 Å². The van der Waals surface area contributed by atoms with Crippen molar-refractivity contribution >= 4 is 60.7 Å². The highest BCUT2D eigenvalue weighted by Gasteiger charge is 2.31. The van der Waals surface area contributed by atoms with E-state index < -0.39 is 10.0 Å². The Morgan fingerprint density at radius 3 is 2.50 bits per heavy atom. The smallest absolute Gasteiger partial charge is 0.227 e. The van der Waals surface area contributed by atoms with Gasteiger partial charge in [0.15, 0.2) is 0 Å². The van der Waals surface area contributed by atoms with E-state index in [9.17, 15) is 13.2 Å². The number of carbonyl (C=O) groups excluding carboxylic acids is 1. The fourth-order valence-corrected chi connectivity index (χ4v) is 5.68. The second-order valence-corrected chi connectivity index (χ2v) is 10.4. The number of carbonyl (C=O) groups is 1. The van der Waals surface area contributed by atoms with Gasteiger partial charge in [-0.15, -0.1) is 0 Å². The molecule has 0 saturated carbocycles. The molecule has 9 heteroatoms. The summed E-state index contributed by atoms with van der Waals surface area (Å²) >= 11 is 15.3. The number of amides is 1. The zero-order valence-electron chi connectivity index (χ0n) is 14.9. The zero-order valence-corrected chi connectivity index (χ0v) is 18.8. The Kier molecular flexibility index (Phi) is 7.04. The van der Waals surface area contributed by atoms with Crippen LogP contribution in [0.5, 0.6) is 0 Å². The molecule has 1 amide bonds. The summed E-state index contributed by atoms with van der Waals surface area (Å²) in [6.45, 7) is 0.619. The Morgan fingerprint density at radius 1 is 1.14 bits per heavy atom. The van der Waals surface area contributed by atoms with Gasteiger partial charge in [0.05, 0.1) is 5.75 Å². The Hall–Kier alpha value is -1.12. The third-order valence-electron chi connectivity index (χ3n) is 4.66. The lowest BCUT2D eigenvalue weighted by atomic mass is 9.97. The summed E-state index contributed by atoms with van der Waals surface area (Å²) in [5.74, 6) is -0.488. The van der Waals surface area contributed by atoms with E-state index in [2.05, 4.69) is 21.2 Å². The van der Waals surface area contributed by atoms with Gasteiger partial charge in [0.25, 0.3) is 0 Å². The second kappa shape index (κ2) is 9.13. The number of halogens is 3. The molecule has 1 heterocycles. The number of anilines is 1. The largest absolute Gasteiger partial charge is 0.326 e. The van der Waals surface area contributed by atoms with Crippen molar-refractivity contribution in [3.05, 3.63) is 62.5 Å². The van der Waals surface area contributed by atoms with Crippen molar-refractivity contribution in [3.8, 4) is 0 Å². The summed E-state index contributed by atoms with van der Waals surface area (Å²) in [5.41, 5.74) is 1.23. The summed E-state index contributed by atoms with van der Waals surface area (Å²) in [5, 5.41) is 3.69. The molecular weight excluding hydrogens is 487 g/mol. The van der Waals surface area contributed by atoms with Gasteiger partial charge in [0.2, 0.25) is 15.9 Å². The molecule has 1 fully saturated rings. The van der Waals surface area contributed by atoms with Gasteiger partial charge in [-0.3, -0.25) is 4.79 Å². The van der Waals surface area contributed by atoms with Crippen LogP contribution in [0, 0.1) is 5.92 Å². The van der Waals surface area contributed by atoms with Crippen LogP contribution in [0.15, 0.2) is 46.9 Å². The van der Waals surface area contributed by atoms with Crippen LogP contribution in [0.25, 0.3) is 0 Å². The van der Waals surface area contributed by atoms with E-state index in [4.69, 9.17) is 23.2 Å². The Labute approximate surface area is 183 Å². The van der Waals surface area contributed by atoms with Crippen molar-refractivity contribution < 1.29 is 13.2 Å². The first-order valence-electron chi connectivity index (χ1n) is 8.73. The molecule has 0 aliphatic carbocycles. The third kappa shape index (κ3) is 5.48. The molecule has 1 saturated heterocycles. The normalized spacial score (nSPS) is 16.1. The molecule has 0 bridgehead atoms. The average Bonchev–Trinajstić information content (AvgIpc) is 2.64. The molecular formula is C19H19BrCl2N2O3S. The van der Waals surface area contributed by atoms with Crippen LogP contribution in [0.3, 0.4) is 0 Å². The first-order chi connectivity index (χ1) is 13.2. The zero-order chi connectivity index (χ0) is 20.3. The number of benzene rings is 2. The maximum atomic E-state index is 12.7. The highest BCUT2D eigenvalue weighted by Crippen LogP contribution is 2.27. The molecule has 150 valence electrons. The first kappa shape index (κ1) is 21.6. The molecule has 5 nitrogen and oxygen atoms in total. The lowest BCUT2D eigenvalue weighted by Crippen LogP contribution is -2.41. The molecule has 0 radical (unpaired) electrons. The van der Waals surface area contributed by atoms with Gasteiger partial charge in [-0.25, -0.2) is 12.7 Å². The molecule has 28 heavy (non-hydrogen) atoms. The monoisotopic (exact) mass is 504 g/mol. The summed E-state index contributed by atoms with van der Waals surface area (Å²) < 4.78 is 27.8. The minimum absolute atomic E-state index is 0.0871. The second-order valence-electron chi connectivity index (χ2n) is 6.66. The predicted molar refractivity (Wildman–Crippen MR) is 116 cm³/mol. The Morgan fingerprint density at radius 2 is 1.86 bits per heavy atom. The molecule has 0 aromatic heterocycles. The van der Waals surface area contributed by atoms with Crippen molar-refractivity contribution in [3.63, 3.8) is 0 Å². The van der Waals surface area contributed by atoms with E-state index in [0.717, 1.165) is 4.47 Å². The van der Waals surface area contributed by atoms with Gasteiger partial charge in [-0.2, -0.15) is 0 Å². The number of nitrogens with one attached hydrogen (secondary N) is 1. The van der Waals surface area contributed by atoms with E-state index in [0.29, 0.717) is 47.2 Å². The highest BCUT2D eigenvalue weighted by atomic mass is 79.9. The molecule has 1 aliphatic rings. The van der Waals surface area contributed by atoms with Crippen LogP contribution >= 0.6 is 39.1 Å². The fraction of sp³-hybridized carbons (Fsp3) is 0.316. The SMILES string of the molecule is O=C(Nc1cccc(Br)c1)C1CCN(S(=O)(=O)Cc2ccc(Cl)cc2Cl)CC1. The van der Waals surface area contributed by atoms with Crippen molar-refractivity contribution in [2.75, 3.05) is 18.4 Å². The maximum Gasteiger partial charge on any atom is 0.227 e. The first-order valence-corrected chi connectivity index (χ1v) is 11.9. The average molecular weight is 506 g/mol. The summed E-state index contributed by atoms with van der Waals surface area (Å²) in [7, 11) is -3.52. The van der Waals surface area contributed by atoms with Gasteiger partial charge in [0, 0.05) is 39.2 Å². The lowest BCUT2D eigenvalue weighted by Gasteiger charge is -2.30. The molecule has 0 atom stereocenters. The van der Waals surface area contributed by atoms with Gasteiger partial charge in [0.1, 0.15) is 0 Å². The maximum absolute atomic E-state index is 12.7. The minimum atomic E-state index is -3.52. The van der Waals surface area contributed by atoms with E-state index in [-0.39, 0.29) is 17.6 Å². The summed E-state index contributed by atoms with van der Waals surface area (Å²) in [6, 6.07) is 12.2. The van der Waals surface area contributed by atoms with Crippen LogP contribution in [0.1, 0.15) is 18.4 Å². The summed E-state index contributed by atoms with van der Waals surface area (Å²) in [6.07, 6.45) is 0.959. The predicted octanol–water partition coefficient (Wildman–Crippen LogP) is 4.94. The van der Waals surface area contributed by atoms with Crippen LogP contribution in [-0.4, -0.2) is 31.7 Å². The summed E-state index contributed by atoms with van der Waals surface area (Å²) in [4.78, 5) is 12.5. The fourth-order valence-electron chi connectivity index (χ4n) is 3.13. The quantitative estimate of drug-likeness (QED) is 0.626. The highest BCUT2D eigenvalue weighted by molar-refractivity contribution is 9.10. The number of rotatable bonds is 5. The number of nitrogens with zero attached hydrogens (tertiary/aromatic N) is 1. The Bertz CT molecular complexity index is 977. The number of hydrogen-bond donors (Lipinski definition) is 1. The Balaban J connectivity index is 1.58.